The second-order valence-corrected chi connectivity index (χ2v) is 24.4. The molecule has 6 heteroatoms. The van der Waals surface area contributed by atoms with Crippen LogP contribution >= 0.6 is 0 Å². The molecule has 0 bridgehead atoms. The quantitative estimate of drug-likeness (QED) is 0.132. The van der Waals surface area contributed by atoms with Crippen LogP contribution in [0.1, 0.15) is 48.3 Å². The van der Waals surface area contributed by atoms with Crippen molar-refractivity contribution in [1.29, 1.82) is 0 Å². The number of likely N-dealkylation sites (N-methyl/N-ethyl adjacent to an activating group) is 2. The van der Waals surface area contributed by atoms with E-state index in [1.54, 1.807) is 0 Å². The summed E-state index contributed by atoms with van der Waals surface area (Å²) in [6, 6.07) is 41.1. The minimum absolute atomic E-state index is 0.0196. The molecular weight excluding hydrogens is 597 g/mol. The number of rotatable bonds is 15. The van der Waals surface area contributed by atoms with E-state index in [1.807, 2.05) is 60.7 Å². The van der Waals surface area contributed by atoms with E-state index in [-0.39, 0.29) is 12.1 Å². The zero-order chi connectivity index (χ0) is 33.5. The van der Waals surface area contributed by atoms with Crippen molar-refractivity contribution in [1.82, 2.24) is 9.80 Å². The Bertz CT molecular complexity index is 1360. The largest absolute Gasteiger partial charge is 0.387 e. The summed E-state index contributed by atoms with van der Waals surface area (Å²) in [7, 11) is 0.986. The third kappa shape index (κ3) is 9.37. The lowest BCUT2D eigenvalue weighted by Crippen LogP contribution is -2.47. The molecule has 2 N–H and O–H groups in total. The van der Waals surface area contributed by atoms with E-state index in [4.69, 9.17) is 0 Å². The van der Waals surface area contributed by atoms with Gasteiger partial charge in [-0.25, -0.2) is 0 Å². The van der Waals surface area contributed by atoms with Gasteiger partial charge in [-0.3, -0.25) is 9.80 Å². The molecule has 0 saturated heterocycles. The molecule has 0 radical (unpaired) electrons. The van der Waals surface area contributed by atoms with E-state index in [1.165, 1.54) is 33.6 Å². The molecular formula is C40H56N2O2Si2. The second kappa shape index (κ2) is 15.8. The smallest absolute Gasteiger partial charge is 0.0942 e. The van der Waals surface area contributed by atoms with Crippen LogP contribution in [-0.2, 0) is 13.1 Å². The molecule has 4 aromatic rings. The average Bonchev–Trinajstić information content (AvgIpc) is 3.07. The Morgan fingerprint density at radius 1 is 0.500 bits per heavy atom. The van der Waals surface area contributed by atoms with Gasteiger partial charge in [-0.05, 0) is 50.2 Å². The van der Waals surface area contributed by atoms with Gasteiger partial charge >= 0.3 is 0 Å². The van der Waals surface area contributed by atoms with Gasteiger partial charge in [0, 0.05) is 25.2 Å². The molecule has 0 saturated carbocycles. The van der Waals surface area contributed by atoms with Crippen molar-refractivity contribution in [3.63, 3.8) is 0 Å². The van der Waals surface area contributed by atoms with Crippen molar-refractivity contribution in [2.75, 3.05) is 14.1 Å². The second-order valence-electron chi connectivity index (χ2n) is 14.7. The van der Waals surface area contributed by atoms with E-state index in [0.29, 0.717) is 0 Å². The first-order valence-corrected chi connectivity index (χ1v) is 23.3. The summed E-state index contributed by atoms with van der Waals surface area (Å²) in [6.45, 7) is 15.9. The van der Waals surface area contributed by atoms with Gasteiger partial charge < -0.3 is 10.2 Å². The van der Waals surface area contributed by atoms with Gasteiger partial charge in [0.05, 0.1) is 28.4 Å². The molecule has 0 amide bonds. The summed E-state index contributed by atoms with van der Waals surface area (Å²) in [5.74, 6) is 0. The molecule has 0 aliphatic heterocycles. The van der Waals surface area contributed by atoms with Crippen LogP contribution in [0.4, 0.5) is 0 Å². The highest BCUT2D eigenvalue weighted by atomic mass is 28.3. The Kier molecular flexibility index (Phi) is 12.4. The normalized spacial score (nSPS) is 15.1. The van der Waals surface area contributed by atoms with Crippen molar-refractivity contribution in [3.8, 4) is 0 Å². The van der Waals surface area contributed by atoms with Crippen molar-refractivity contribution in [3.05, 3.63) is 131 Å². The first-order valence-electron chi connectivity index (χ1n) is 16.8. The summed E-state index contributed by atoms with van der Waals surface area (Å²) in [4.78, 5) is 4.47. The number of benzene rings is 4. The predicted octanol–water partition coefficient (Wildman–Crippen LogP) is 7.33. The molecule has 4 nitrogen and oxygen atoms in total. The van der Waals surface area contributed by atoms with Gasteiger partial charge in [0.1, 0.15) is 0 Å². The SMILES string of the molecule is C[C@@H]([C@H](O)c1ccccc1)N(C)Cc1ccc([Si](C)(C)CC[Si](C)(C)c2ccc(CN(C)[C@@H](C)[C@H](O)c3ccccc3)cc2)cc1. The van der Waals surface area contributed by atoms with Crippen molar-refractivity contribution in [2.24, 2.45) is 0 Å². The Labute approximate surface area is 280 Å². The molecule has 0 heterocycles. The molecule has 0 aliphatic rings. The van der Waals surface area contributed by atoms with Crippen LogP contribution in [0.2, 0.25) is 38.3 Å². The lowest BCUT2D eigenvalue weighted by Gasteiger charge is -2.31. The highest BCUT2D eigenvalue weighted by molar-refractivity contribution is 6.94. The van der Waals surface area contributed by atoms with Crippen LogP contribution in [0, 0.1) is 0 Å². The summed E-state index contributed by atoms with van der Waals surface area (Å²) in [5.41, 5.74) is 4.50. The molecule has 0 spiro atoms. The Hall–Kier alpha value is -2.85. The van der Waals surface area contributed by atoms with Gasteiger partial charge in [-0.15, -0.1) is 0 Å². The van der Waals surface area contributed by atoms with Gasteiger partial charge in [0.25, 0.3) is 0 Å². The molecule has 4 atom stereocenters. The van der Waals surface area contributed by atoms with Gasteiger partial charge in [-0.2, -0.15) is 0 Å². The third-order valence-electron chi connectivity index (χ3n) is 10.3. The first kappa shape index (κ1) is 36.0. The maximum absolute atomic E-state index is 10.9. The zero-order valence-corrected chi connectivity index (χ0v) is 31.3. The molecule has 0 fully saturated rings. The summed E-state index contributed by atoms with van der Waals surface area (Å²) in [6.07, 6.45) is -1.02. The van der Waals surface area contributed by atoms with Gasteiger partial charge in [0.15, 0.2) is 0 Å². The molecule has 4 rings (SSSR count). The highest BCUT2D eigenvalue weighted by Gasteiger charge is 2.30. The third-order valence-corrected chi connectivity index (χ3v) is 17.6. The maximum Gasteiger partial charge on any atom is 0.0942 e. The molecule has 0 aromatic heterocycles. The Morgan fingerprint density at radius 3 is 1.11 bits per heavy atom. The van der Waals surface area contributed by atoms with Crippen LogP contribution in [0.5, 0.6) is 0 Å². The van der Waals surface area contributed by atoms with E-state index in [2.05, 4.69) is 112 Å². The standard InChI is InChI=1S/C40H56N2O2Si2/c1-31(39(43)35-15-11-9-12-16-35)41(3)29-33-19-23-37(24-20-33)45(5,6)27-28-46(7,8)38-25-21-34(22-26-38)30-42(4)32(2)40(44)36-17-13-10-14-18-36/h9-26,31-32,39-40,43-44H,27-30H2,1-8H3/t31-,32-,39-,40-/m0/s1. The fourth-order valence-corrected chi connectivity index (χ4v) is 14.0. The molecule has 246 valence electrons. The monoisotopic (exact) mass is 652 g/mol. The topological polar surface area (TPSA) is 46.9 Å². The fraction of sp³-hybridized carbons (Fsp3) is 0.400. The predicted molar refractivity (Wildman–Crippen MR) is 201 cm³/mol. The van der Waals surface area contributed by atoms with Crippen molar-refractivity contribution < 1.29 is 10.2 Å². The van der Waals surface area contributed by atoms with Crippen LogP contribution < -0.4 is 10.4 Å². The van der Waals surface area contributed by atoms with E-state index in [0.717, 1.165) is 24.2 Å². The minimum Gasteiger partial charge on any atom is -0.387 e. The molecule has 4 aromatic carbocycles. The van der Waals surface area contributed by atoms with E-state index in [9.17, 15) is 10.2 Å². The van der Waals surface area contributed by atoms with E-state index >= 15 is 0 Å². The lowest BCUT2D eigenvalue weighted by molar-refractivity contribution is 0.0687. The lowest BCUT2D eigenvalue weighted by atomic mass is 10.0. The number of aliphatic hydroxyl groups is 2. The summed E-state index contributed by atoms with van der Waals surface area (Å²) < 4.78 is 0. The van der Waals surface area contributed by atoms with Crippen LogP contribution in [-0.4, -0.2) is 62.3 Å². The number of hydrogen-bond donors (Lipinski definition) is 2. The van der Waals surface area contributed by atoms with Gasteiger partial charge in [-0.1, -0.05) is 158 Å². The van der Waals surface area contributed by atoms with E-state index < -0.39 is 28.4 Å². The number of nitrogens with zero attached hydrogens (tertiary/aromatic N) is 2. The summed E-state index contributed by atoms with van der Waals surface area (Å²) in [5, 5.41) is 24.8. The first-order chi connectivity index (χ1) is 21.8. The summed E-state index contributed by atoms with van der Waals surface area (Å²) >= 11 is 0. The van der Waals surface area contributed by atoms with Crippen LogP contribution in [0.3, 0.4) is 0 Å². The van der Waals surface area contributed by atoms with Crippen molar-refractivity contribution in [2.45, 2.75) is 89.5 Å². The fourth-order valence-electron chi connectivity index (χ4n) is 6.24. The van der Waals surface area contributed by atoms with Crippen LogP contribution in [0.25, 0.3) is 0 Å². The van der Waals surface area contributed by atoms with Crippen molar-refractivity contribution >= 4 is 26.5 Å². The molecule has 0 aliphatic carbocycles. The average molecular weight is 653 g/mol. The Morgan fingerprint density at radius 2 is 0.804 bits per heavy atom. The number of hydrogen-bond acceptors (Lipinski definition) is 4. The maximum atomic E-state index is 10.9. The molecule has 0 unspecified atom stereocenters. The van der Waals surface area contributed by atoms with Crippen LogP contribution in [0.15, 0.2) is 109 Å². The highest BCUT2D eigenvalue weighted by Crippen LogP contribution is 2.24. The number of aliphatic hydroxyl groups excluding tert-OH is 2. The zero-order valence-electron chi connectivity index (χ0n) is 29.3. The minimum atomic E-state index is -1.60. The Balaban J connectivity index is 1.30. The van der Waals surface area contributed by atoms with Gasteiger partial charge in [0.2, 0.25) is 0 Å². The molecule has 46 heavy (non-hydrogen) atoms.